The van der Waals surface area contributed by atoms with Gasteiger partial charge < -0.3 is 33.2 Å². The van der Waals surface area contributed by atoms with E-state index >= 15 is 0 Å². The van der Waals surface area contributed by atoms with Crippen molar-refractivity contribution in [1.82, 2.24) is 49.3 Å². The van der Waals surface area contributed by atoms with Gasteiger partial charge in [0.15, 0.2) is 5.82 Å². The topological polar surface area (TPSA) is 216 Å². The number of nitrogens with one attached hydrogen (secondary N) is 1. The molecule has 4 heterocycles. The third-order valence-corrected chi connectivity index (χ3v) is 15.1. The number of nitrogens with zero attached hydrogens (tertiary/aromatic N) is 9. The molecule has 0 amide bonds. The van der Waals surface area contributed by atoms with Crippen LogP contribution in [0.25, 0.3) is 78.1 Å². The minimum absolute atomic E-state index is 0.163. The fourth-order valence-corrected chi connectivity index (χ4v) is 11.1. The number of H-pyrrole nitrogens is 1. The van der Waals surface area contributed by atoms with E-state index in [0.29, 0.717) is 48.1 Å². The van der Waals surface area contributed by atoms with E-state index in [1.807, 2.05) is 109 Å². The lowest BCUT2D eigenvalue weighted by Crippen LogP contribution is -2.26. The number of carbonyl (C=O) groups is 3. The SMILES string of the molecule is CCCc1nc2c(C)cc(-c3nc4ccccc4n3C)cc2n1Cc1ccc(-c2ccccc2C(=O)O)cc1.CCOc1nc2cccc(C(=O)OC(C)OC(=O)OC3CCCCC3)c2n1Cc1ccc(-c2ccccc2-c2nnn[nH]2)cc1. The van der Waals surface area contributed by atoms with Crippen LogP contribution in [0.5, 0.6) is 6.01 Å². The quantitative estimate of drug-likeness (QED) is 0.0641. The van der Waals surface area contributed by atoms with Crippen molar-refractivity contribution in [3.05, 3.63) is 185 Å². The maximum atomic E-state index is 13.4. The van der Waals surface area contributed by atoms with Crippen molar-refractivity contribution in [3.63, 3.8) is 0 Å². The number of esters is 1. The van der Waals surface area contributed by atoms with Crippen LogP contribution >= 0.6 is 0 Å². The second-order valence-corrected chi connectivity index (χ2v) is 20.9. The van der Waals surface area contributed by atoms with Crippen molar-refractivity contribution in [3.8, 4) is 51.0 Å². The second-order valence-electron chi connectivity index (χ2n) is 20.9. The van der Waals surface area contributed by atoms with E-state index in [-0.39, 0.29) is 11.7 Å². The Balaban J connectivity index is 0.000000177. The first-order chi connectivity index (χ1) is 40.9. The number of carboxylic acids is 1. The molecule has 1 saturated carbocycles. The van der Waals surface area contributed by atoms with Crippen molar-refractivity contribution in [1.29, 1.82) is 0 Å². The summed E-state index contributed by atoms with van der Waals surface area (Å²) < 4.78 is 28.4. The molecule has 0 spiro atoms. The van der Waals surface area contributed by atoms with Gasteiger partial charge in [0, 0.05) is 38.1 Å². The van der Waals surface area contributed by atoms with E-state index in [2.05, 4.69) is 86.0 Å². The van der Waals surface area contributed by atoms with Crippen LogP contribution in [-0.4, -0.2) is 91.5 Å². The van der Waals surface area contributed by atoms with Crippen LogP contribution in [0.4, 0.5) is 4.79 Å². The number of para-hydroxylation sites is 3. The maximum Gasteiger partial charge on any atom is 0.511 e. The molecule has 0 aliphatic heterocycles. The highest BCUT2D eigenvalue weighted by atomic mass is 16.8. The lowest BCUT2D eigenvalue weighted by Gasteiger charge is -2.22. The predicted octanol–water partition coefficient (Wildman–Crippen LogP) is 13.6. The van der Waals surface area contributed by atoms with Gasteiger partial charge in [-0.1, -0.05) is 123 Å². The molecule has 1 unspecified atom stereocenters. The van der Waals surface area contributed by atoms with E-state index < -0.39 is 24.4 Å². The summed E-state index contributed by atoms with van der Waals surface area (Å²) in [7, 11) is 2.06. The van der Waals surface area contributed by atoms with Crippen molar-refractivity contribution >= 4 is 51.2 Å². The van der Waals surface area contributed by atoms with Crippen LogP contribution in [0.15, 0.2) is 152 Å². The molecule has 7 aromatic carbocycles. The number of aryl methyl sites for hydroxylation is 3. The summed E-state index contributed by atoms with van der Waals surface area (Å²) in [6.45, 7) is 9.11. The molecular weight excluding hydrogens is 1060 g/mol. The first-order valence-electron chi connectivity index (χ1n) is 28.4. The lowest BCUT2D eigenvalue weighted by molar-refractivity contribution is -0.0914. The highest BCUT2D eigenvalue weighted by molar-refractivity contribution is 6.02. The number of rotatable bonds is 17. The van der Waals surface area contributed by atoms with Crippen molar-refractivity contribution < 1.29 is 38.4 Å². The number of benzene rings is 7. The Morgan fingerprint density at radius 3 is 2.02 bits per heavy atom. The maximum absolute atomic E-state index is 13.4. The average molecular weight is 1130 g/mol. The highest BCUT2D eigenvalue weighted by Gasteiger charge is 2.26. The number of ether oxygens (including phenoxy) is 4. The summed E-state index contributed by atoms with van der Waals surface area (Å²) in [5, 5.41) is 23.9. The standard InChI is InChI=1S/C33H34N6O6.C33H30N4O2/c1-3-42-32-34-28-15-9-14-27(31(40)43-21(2)44-33(41)45-24-10-5-4-6-11-24)29(28)39(32)20-22-16-18-23(19-17-22)25-12-7-8-13-26(25)30-35-37-38-36-30;1-4-9-30-35-31-21(2)18-24(32-34-27-12-7-8-13-28(27)36(32)3)19-29(31)37(30)20-22-14-16-23(17-15-22)25-10-5-6-11-26(25)33(38)39/h7-9,12-19,21,24H,3-6,10-11,20H2,1-2H3,(H,35,36,37,38);5-8,10-19H,4,9,20H2,1-3H3,(H,38,39). The zero-order valence-corrected chi connectivity index (χ0v) is 47.5. The summed E-state index contributed by atoms with van der Waals surface area (Å²) in [6, 6.07) is 49.4. The van der Waals surface area contributed by atoms with Crippen LogP contribution < -0.4 is 4.74 Å². The van der Waals surface area contributed by atoms with E-state index in [4.69, 9.17) is 28.9 Å². The number of aromatic carboxylic acids is 1. The molecule has 2 N–H and O–H groups in total. The first kappa shape index (κ1) is 55.9. The van der Waals surface area contributed by atoms with Gasteiger partial charge in [0.1, 0.15) is 17.8 Å². The molecule has 18 heteroatoms. The molecule has 1 atom stereocenters. The van der Waals surface area contributed by atoms with Crippen molar-refractivity contribution in [2.24, 2.45) is 7.05 Å². The van der Waals surface area contributed by atoms with Gasteiger partial charge in [-0.25, -0.2) is 29.5 Å². The van der Waals surface area contributed by atoms with Gasteiger partial charge in [0.25, 0.3) is 6.01 Å². The zero-order valence-electron chi connectivity index (χ0n) is 47.5. The first-order valence-corrected chi connectivity index (χ1v) is 28.4. The van der Waals surface area contributed by atoms with Gasteiger partial charge in [0.05, 0.1) is 57.4 Å². The molecule has 84 heavy (non-hydrogen) atoms. The number of carboxylic acid groups (broad SMARTS) is 1. The molecule has 0 bridgehead atoms. The molecule has 1 aliphatic rings. The van der Waals surface area contributed by atoms with Gasteiger partial charge in [-0.2, -0.15) is 4.98 Å². The third-order valence-electron chi connectivity index (χ3n) is 15.1. The minimum atomic E-state index is -1.14. The fraction of sp³-hybridized carbons (Fsp3) is 0.258. The number of imidazole rings is 3. The molecule has 1 aliphatic carbocycles. The lowest BCUT2D eigenvalue weighted by atomic mass is 9.98. The second kappa shape index (κ2) is 25.0. The van der Waals surface area contributed by atoms with Gasteiger partial charge in [0.2, 0.25) is 6.29 Å². The zero-order chi connectivity index (χ0) is 58.3. The monoisotopic (exact) mass is 1120 g/mol. The molecule has 0 saturated heterocycles. The molecule has 11 aromatic rings. The van der Waals surface area contributed by atoms with E-state index in [1.165, 1.54) is 6.92 Å². The predicted molar refractivity (Wildman–Crippen MR) is 320 cm³/mol. The molecule has 4 aromatic heterocycles. The van der Waals surface area contributed by atoms with Crippen LogP contribution in [-0.2, 0) is 40.8 Å². The Morgan fingerprint density at radius 2 is 1.33 bits per heavy atom. The number of hydrogen-bond donors (Lipinski definition) is 2. The molecule has 0 radical (unpaired) electrons. The summed E-state index contributed by atoms with van der Waals surface area (Å²) >= 11 is 0. The summed E-state index contributed by atoms with van der Waals surface area (Å²) in [5.74, 6) is 1.01. The minimum Gasteiger partial charge on any atom is -0.478 e. The Hall–Kier alpha value is -9.97. The number of aromatic amines is 1. The van der Waals surface area contributed by atoms with Gasteiger partial charge >= 0.3 is 18.1 Å². The van der Waals surface area contributed by atoms with Gasteiger partial charge in [-0.3, -0.25) is 4.57 Å². The van der Waals surface area contributed by atoms with Crippen LogP contribution in [0.1, 0.15) is 103 Å². The summed E-state index contributed by atoms with van der Waals surface area (Å²) in [5.41, 5.74) is 14.7. The Bertz CT molecular complexity index is 4140. The van der Waals surface area contributed by atoms with Crippen LogP contribution in [0.3, 0.4) is 0 Å². The molecule has 426 valence electrons. The molecule has 1 fully saturated rings. The van der Waals surface area contributed by atoms with Crippen molar-refractivity contribution in [2.45, 2.75) is 98.1 Å². The molecule has 18 nitrogen and oxygen atoms in total. The largest absolute Gasteiger partial charge is 0.511 e. The van der Waals surface area contributed by atoms with E-state index in [1.54, 1.807) is 24.3 Å². The van der Waals surface area contributed by atoms with Gasteiger partial charge in [-0.15, -0.1) is 5.10 Å². The van der Waals surface area contributed by atoms with Crippen LogP contribution in [0, 0.1) is 6.92 Å². The number of hydrogen-bond acceptors (Lipinski definition) is 13. The van der Waals surface area contributed by atoms with E-state index in [9.17, 15) is 19.5 Å². The average Bonchev–Trinajstić information content (AvgIpc) is 2.51. The Kier molecular flexibility index (Phi) is 16.7. The van der Waals surface area contributed by atoms with Gasteiger partial charge in [-0.05, 0) is 138 Å². The Labute approximate surface area is 485 Å². The highest BCUT2D eigenvalue weighted by Crippen LogP contribution is 2.34. The normalized spacial score (nSPS) is 12.9. The third kappa shape index (κ3) is 12.0. The van der Waals surface area contributed by atoms with Crippen molar-refractivity contribution in [2.75, 3.05) is 6.61 Å². The number of carbonyl (C=O) groups excluding carboxylic acids is 2. The fourth-order valence-electron chi connectivity index (χ4n) is 11.1. The summed E-state index contributed by atoms with van der Waals surface area (Å²) in [6.07, 6.45) is 4.55. The van der Waals surface area contributed by atoms with Crippen LogP contribution in [0.2, 0.25) is 0 Å². The smallest absolute Gasteiger partial charge is 0.478 e. The number of fused-ring (bicyclic) bond motifs is 3. The summed E-state index contributed by atoms with van der Waals surface area (Å²) in [4.78, 5) is 52.0. The van der Waals surface area contributed by atoms with E-state index in [0.717, 1.165) is 129 Å². The molecular formula is C66H64N10O8. The Morgan fingerprint density at radius 1 is 0.679 bits per heavy atom. The number of tetrazole rings is 1. The molecule has 12 rings (SSSR count). The number of aromatic nitrogens is 10.